The lowest BCUT2D eigenvalue weighted by Crippen LogP contribution is -2.46. The third-order valence-electron chi connectivity index (χ3n) is 8.87. The first kappa shape index (κ1) is 45.7. The van der Waals surface area contributed by atoms with Gasteiger partial charge in [0.05, 0.1) is 50.7 Å². The van der Waals surface area contributed by atoms with Crippen LogP contribution in [-0.4, -0.2) is 137 Å². The van der Waals surface area contributed by atoms with Crippen molar-refractivity contribution in [2.75, 3.05) is 66.6 Å². The van der Waals surface area contributed by atoms with Crippen LogP contribution in [0.15, 0.2) is 28.4 Å². The number of H-pyrrole nitrogens is 1. The molecule has 0 aliphatic carbocycles. The van der Waals surface area contributed by atoms with Gasteiger partial charge in [-0.25, -0.2) is 31.0 Å². The van der Waals surface area contributed by atoms with E-state index in [1.807, 2.05) is 39.3 Å². The quantitative estimate of drug-likeness (QED) is 0.0757. The Kier molecular flexibility index (Phi) is 17.7. The number of rotatable bonds is 24. The van der Waals surface area contributed by atoms with Gasteiger partial charge in [0, 0.05) is 50.7 Å². The van der Waals surface area contributed by atoms with Crippen LogP contribution in [-0.2, 0) is 50.2 Å². The highest BCUT2D eigenvalue weighted by molar-refractivity contribution is 7.58. The van der Waals surface area contributed by atoms with Gasteiger partial charge in [-0.1, -0.05) is 0 Å². The van der Waals surface area contributed by atoms with E-state index < -0.39 is 57.8 Å². The number of hydrogen-bond acceptors (Lipinski definition) is 15. The third kappa shape index (κ3) is 11.8. The number of aryl methyl sites for hydroxylation is 1. The summed E-state index contributed by atoms with van der Waals surface area (Å²) in [5.41, 5.74) is 1.06. The number of imidazole rings is 1. The Morgan fingerprint density at radius 3 is 2.54 bits per heavy atom. The molecule has 312 valence electrons. The van der Waals surface area contributed by atoms with Gasteiger partial charge >= 0.3 is 5.69 Å². The molecule has 56 heavy (non-hydrogen) atoms. The number of aromatic nitrogens is 6. The minimum atomic E-state index is -3.30. The van der Waals surface area contributed by atoms with Gasteiger partial charge in [0.25, 0.3) is 14.1 Å². The zero-order valence-electron chi connectivity index (χ0n) is 33.7. The van der Waals surface area contributed by atoms with Crippen molar-refractivity contribution in [2.45, 2.75) is 97.4 Å². The van der Waals surface area contributed by atoms with Crippen LogP contribution in [0.2, 0.25) is 0 Å². The fourth-order valence-corrected chi connectivity index (χ4v) is 9.88. The van der Waals surface area contributed by atoms with Crippen molar-refractivity contribution in [3.8, 4) is 0 Å². The van der Waals surface area contributed by atoms with E-state index in [1.165, 1.54) is 17.1 Å². The molecule has 0 amide bonds. The molecule has 1 saturated heterocycles. The molecule has 3 aromatic heterocycles. The molecule has 0 spiro atoms. The summed E-state index contributed by atoms with van der Waals surface area (Å²) in [6.07, 6.45) is -0.563. The van der Waals surface area contributed by atoms with Crippen molar-refractivity contribution in [3.05, 3.63) is 62.4 Å². The van der Waals surface area contributed by atoms with E-state index in [0.717, 1.165) is 5.69 Å². The van der Waals surface area contributed by atoms with E-state index in [2.05, 4.69) is 34.8 Å². The number of ether oxygens (including phenoxy) is 4. The summed E-state index contributed by atoms with van der Waals surface area (Å²) in [5, 5.41) is 3.09. The van der Waals surface area contributed by atoms with E-state index in [9.17, 15) is 14.2 Å². The highest BCUT2D eigenvalue weighted by Crippen LogP contribution is 2.52. The molecule has 21 heteroatoms. The molecule has 0 radical (unpaired) electrons. The van der Waals surface area contributed by atoms with Crippen LogP contribution in [0.5, 0.6) is 0 Å². The molecule has 1 fully saturated rings. The second-order valence-electron chi connectivity index (χ2n) is 13.9. The zero-order valence-corrected chi connectivity index (χ0v) is 35.5. The first-order chi connectivity index (χ1) is 26.8. The van der Waals surface area contributed by atoms with E-state index >= 15 is 0 Å². The summed E-state index contributed by atoms with van der Waals surface area (Å²) in [5.74, 6) is 0. The van der Waals surface area contributed by atoms with Crippen LogP contribution < -0.4 is 16.6 Å². The molecular weight excluding hydrogens is 768 g/mol. The maximum atomic E-state index is 14.0. The Morgan fingerprint density at radius 2 is 1.88 bits per heavy atom. The predicted molar refractivity (Wildman–Crippen MR) is 211 cm³/mol. The molecule has 7 atom stereocenters. The van der Waals surface area contributed by atoms with Crippen molar-refractivity contribution in [3.63, 3.8) is 0 Å². The van der Waals surface area contributed by atoms with Crippen LogP contribution in [0.1, 0.15) is 52.1 Å². The van der Waals surface area contributed by atoms with Crippen LogP contribution in [0.25, 0.3) is 16.0 Å². The van der Waals surface area contributed by atoms with Crippen LogP contribution >= 0.6 is 15.9 Å². The van der Waals surface area contributed by atoms with Gasteiger partial charge in [-0.05, 0) is 48.6 Å². The average Bonchev–Trinajstić information content (AvgIpc) is 3.71. The number of nitrogens with one attached hydrogen (secondary N) is 2. The molecule has 2 N–H and O–H groups in total. The van der Waals surface area contributed by atoms with Gasteiger partial charge in [0.1, 0.15) is 36.8 Å². The van der Waals surface area contributed by atoms with Gasteiger partial charge in [0.2, 0.25) is 13.9 Å². The highest BCUT2D eigenvalue weighted by atomic mass is 31.2. The maximum absolute atomic E-state index is 14.0. The molecule has 0 bridgehead atoms. The number of fused-ring (bicyclic) bond motifs is 1. The normalized spacial score (nSPS) is 20.9. The first-order valence-corrected chi connectivity index (χ1v) is 22.1. The second-order valence-corrected chi connectivity index (χ2v) is 17.9. The summed E-state index contributed by atoms with van der Waals surface area (Å²) < 4.78 is 63.4. The van der Waals surface area contributed by atoms with Crippen molar-refractivity contribution < 1.29 is 37.1 Å². The molecule has 2 unspecified atom stereocenters. The number of aromatic amines is 1. The standard InChI is InChI=1S/C35H57N9O10P2/c1-11-52-56(10,47)20-27(49-15-13-42-22-40-28-26(18-37-8)38-21-39-32(28)42)29-30(54-55(51-14-12-36-7)44(23(2)3)24(4)5)31(50-17-16-48-9)34(53-29)43-19-25(6)33(45)41-35(43)46/h19,21-24,27,29-31,34,37H,11-18,20H2,1-6,8-10H3,(H,41,45,46)/t27-,29+,30+,31+,34+,55?,56?/m0/s1. The van der Waals surface area contributed by atoms with Crippen molar-refractivity contribution in [1.29, 1.82) is 0 Å². The number of hydrogen-bond donors (Lipinski definition) is 2. The van der Waals surface area contributed by atoms with Gasteiger partial charge in [-0.15, -0.1) is 0 Å². The Morgan fingerprint density at radius 1 is 1.12 bits per heavy atom. The summed E-state index contributed by atoms with van der Waals surface area (Å²) >= 11 is 0. The molecule has 4 heterocycles. The van der Waals surface area contributed by atoms with Crippen molar-refractivity contribution in [2.24, 2.45) is 0 Å². The largest absolute Gasteiger partial charge is 0.382 e. The SMILES string of the molecule is [C-]#[N+]CCOP(O[C@H]1[C@@H](OCCOC)[C@H](n2cc(C)c(=O)[nH]c2=O)O[C@@H]1[C@H](CP(C)(=O)OCC)OCCn1cnc2c(CNC)ncnc21)N(C(C)C)C(C)C. The fraction of sp³-hybridized carbons (Fsp3) is 0.714. The van der Waals surface area contributed by atoms with E-state index in [-0.39, 0.29) is 63.4 Å². The molecule has 0 aromatic carbocycles. The molecule has 4 rings (SSSR count). The zero-order chi connectivity index (χ0) is 41.0. The minimum absolute atomic E-state index is 0.0359. The van der Waals surface area contributed by atoms with Crippen LogP contribution in [0.3, 0.4) is 0 Å². The smallest absolute Gasteiger partial charge is 0.330 e. The Bertz CT molecular complexity index is 1890. The predicted octanol–water partition coefficient (Wildman–Crippen LogP) is 3.33. The van der Waals surface area contributed by atoms with Crippen molar-refractivity contribution >= 4 is 27.1 Å². The molecule has 1 aliphatic rings. The fourth-order valence-electron chi connectivity index (χ4n) is 6.52. The number of methoxy groups -OCH3 is 1. The Labute approximate surface area is 329 Å². The van der Waals surface area contributed by atoms with Gasteiger partial charge < -0.3 is 47.2 Å². The lowest BCUT2D eigenvalue weighted by molar-refractivity contribution is -0.105. The molecule has 19 nitrogen and oxygen atoms in total. The van der Waals surface area contributed by atoms with E-state index in [4.69, 9.17) is 39.1 Å². The van der Waals surface area contributed by atoms with Crippen LogP contribution in [0.4, 0.5) is 0 Å². The van der Waals surface area contributed by atoms with Gasteiger partial charge in [-0.3, -0.25) is 18.9 Å². The summed E-state index contributed by atoms with van der Waals surface area (Å²) in [4.78, 5) is 45.1. The summed E-state index contributed by atoms with van der Waals surface area (Å²) in [7, 11) is -1.81. The van der Waals surface area contributed by atoms with E-state index in [1.54, 1.807) is 33.9 Å². The van der Waals surface area contributed by atoms with Gasteiger partial charge in [-0.2, -0.15) is 0 Å². The molecular formula is C35H57N9O10P2. The second kappa shape index (κ2) is 21.7. The van der Waals surface area contributed by atoms with Crippen LogP contribution in [0, 0.1) is 13.5 Å². The first-order valence-electron chi connectivity index (χ1n) is 18.7. The number of nitrogens with zero attached hydrogens (tertiary/aromatic N) is 7. The summed E-state index contributed by atoms with van der Waals surface area (Å²) in [6, 6.07) is -0.0718. The maximum Gasteiger partial charge on any atom is 0.330 e. The van der Waals surface area contributed by atoms with Crippen molar-refractivity contribution in [1.82, 2.24) is 39.1 Å². The minimum Gasteiger partial charge on any atom is -0.382 e. The monoisotopic (exact) mass is 825 g/mol. The van der Waals surface area contributed by atoms with Gasteiger partial charge in [0.15, 0.2) is 11.9 Å². The Balaban J connectivity index is 1.82. The molecule has 1 aliphatic heterocycles. The van der Waals surface area contributed by atoms with E-state index in [0.29, 0.717) is 24.3 Å². The topological polar surface area (TPSA) is 200 Å². The molecule has 3 aromatic rings. The third-order valence-corrected chi connectivity index (χ3v) is 12.8. The molecule has 0 saturated carbocycles. The Hall–Kier alpha value is -2.98. The average molecular weight is 826 g/mol. The lowest BCUT2D eigenvalue weighted by Gasteiger charge is -2.39. The highest BCUT2D eigenvalue weighted by Gasteiger charge is 2.54. The lowest BCUT2D eigenvalue weighted by atomic mass is 10.1. The summed E-state index contributed by atoms with van der Waals surface area (Å²) in [6.45, 7) is 22.0.